The Labute approximate surface area is 200 Å². The zero-order chi connectivity index (χ0) is 24.2. The molecule has 0 saturated carbocycles. The molecule has 4 aromatic rings. The van der Waals surface area contributed by atoms with Crippen molar-refractivity contribution >= 4 is 28.7 Å². The summed E-state index contributed by atoms with van der Waals surface area (Å²) in [5.41, 5.74) is 3.25. The summed E-state index contributed by atoms with van der Waals surface area (Å²) in [6.07, 6.45) is 1.79. The monoisotopic (exact) mass is 484 g/mol. The van der Waals surface area contributed by atoms with Crippen LogP contribution >= 0.6 is 11.6 Å². The van der Waals surface area contributed by atoms with Gasteiger partial charge in [0, 0.05) is 30.5 Å². The molecule has 1 aliphatic heterocycles. The molecule has 1 aromatic carbocycles. The summed E-state index contributed by atoms with van der Waals surface area (Å²) in [6, 6.07) is 8.55. The van der Waals surface area contributed by atoms with E-state index in [1.807, 2.05) is 36.9 Å². The zero-order valence-corrected chi connectivity index (χ0v) is 19.8. The van der Waals surface area contributed by atoms with Gasteiger partial charge in [0.15, 0.2) is 17.3 Å². The van der Waals surface area contributed by atoms with E-state index in [1.165, 1.54) is 12.1 Å². The molecule has 1 fully saturated rings. The molecule has 0 bridgehead atoms. The highest BCUT2D eigenvalue weighted by Crippen LogP contribution is 2.32. The number of ether oxygens (including phenoxy) is 1. The van der Waals surface area contributed by atoms with Crippen LogP contribution in [0.1, 0.15) is 17.1 Å². The SMILES string of the molecule is Cc1ccccn1.Cc1nc2nc(N3CCOCC3)nc(-c3ccc(Cl)c(F)c3F)c2nc1C. The highest BCUT2D eigenvalue weighted by atomic mass is 35.5. The predicted octanol–water partition coefficient (Wildman–Crippen LogP) is 4.86. The van der Waals surface area contributed by atoms with Crippen LogP contribution < -0.4 is 4.90 Å². The van der Waals surface area contributed by atoms with Gasteiger partial charge in [0.2, 0.25) is 5.95 Å². The minimum Gasteiger partial charge on any atom is -0.378 e. The molecule has 0 radical (unpaired) electrons. The quantitative estimate of drug-likeness (QED) is 0.376. The second-order valence-electron chi connectivity index (χ2n) is 7.73. The summed E-state index contributed by atoms with van der Waals surface area (Å²) in [7, 11) is 0. The van der Waals surface area contributed by atoms with Gasteiger partial charge in [-0.3, -0.25) is 4.98 Å². The van der Waals surface area contributed by atoms with Crippen LogP contribution in [-0.4, -0.2) is 51.2 Å². The Bertz CT molecular complexity index is 1320. The molecule has 0 amide bonds. The maximum atomic E-state index is 14.6. The van der Waals surface area contributed by atoms with Crippen molar-refractivity contribution in [2.45, 2.75) is 20.8 Å². The Hall–Kier alpha value is -3.30. The standard InChI is InChI=1S/C18H16ClF2N5O.C6H7N/c1-9-10(2)23-17-16(22-9)15(11-3-4-12(19)14(21)13(11)20)24-18(25-17)26-5-7-27-8-6-26;1-6-4-2-3-5-7-6/h3-4H,5-8H2,1-2H3;2-5H,1H3. The van der Waals surface area contributed by atoms with Crippen molar-refractivity contribution in [3.05, 3.63) is 70.3 Å². The Morgan fingerprint density at radius 1 is 0.882 bits per heavy atom. The molecule has 1 aliphatic rings. The normalized spacial score (nSPS) is 13.5. The first kappa shape index (κ1) is 23.8. The topological polar surface area (TPSA) is 76.9 Å². The van der Waals surface area contributed by atoms with Gasteiger partial charge in [-0.1, -0.05) is 17.7 Å². The van der Waals surface area contributed by atoms with Crippen LogP contribution in [-0.2, 0) is 4.74 Å². The van der Waals surface area contributed by atoms with Crippen molar-refractivity contribution < 1.29 is 13.5 Å². The van der Waals surface area contributed by atoms with E-state index in [0.717, 1.165) is 5.69 Å². The van der Waals surface area contributed by atoms with Crippen LogP contribution in [0, 0.1) is 32.4 Å². The summed E-state index contributed by atoms with van der Waals surface area (Å²) in [6.45, 7) is 7.86. The first-order chi connectivity index (χ1) is 16.3. The second kappa shape index (κ2) is 10.3. The maximum Gasteiger partial charge on any atom is 0.228 e. The maximum absolute atomic E-state index is 14.6. The molecule has 5 rings (SSSR count). The molecule has 10 heteroatoms. The van der Waals surface area contributed by atoms with Crippen LogP contribution in [0.25, 0.3) is 22.4 Å². The lowest BCUT2D eigenvalue weighted by molar-refractivity contribution is 0.122. The van der Waals surface area contributed by atoms with E-state index < -0.39 is 11.6 Å². The average Bonchev–Trinajstić information content (AvgIpc) is 2.84. The van der Waals surface area contributed by atoms with Gasteiger partial charge >= 0.3 is 0 Å². The summed E-state index contributed by atoms with van der Waals surface area (Å²) in [5, 5.41) is -0.291. The molecular weight excluding hydrogens is 462 g/mol. The smallest absolute Gasteiger partial charge is 0.228 e. The van der Waals surface area contributed by atoms with Crippen LogP contribution in [0.4, 0.5) is 14.7 Å². The minimum absolute atomic E-state index is 0.0311. The Kier molecular flexibility index (Phi) is 7.23. The van der Waals surface area contributed by atoms with Crippen LogP contribution in [0.5, 0.6) is 0 Å². The fourth-order valence-corrected chi connectivity index (χ4v) is 3.50. The molecule has 0 N–H and O–H groups in total. The van der Waals surface area contributed by atoms with E-state index in [-0.39, 0.29) is 16.3 Å². The third-order valence-electron chi connectivity index (χ3n) is 5.33. The summed E-state index contributed by atoms with van der Waals surface area (Å²) in [5.74, 6) is -1.81. The van der Waals surface area contributed by atoms with Crippen molar-refractivity contribution in [2.24, 2.45) is 0 Å². The van der Waals surface area contributed by atoms with Crippen molar-refractivity contribution in [1.82, 2.24) is 24.9 Å². The first-order valence-corrected chi connectivity index (χ1v) is 11.1. The van der Waals surface area contributed by atoms with Gasteiger partial charge in [-0.25, -0.2) is 23.7 Å². The zero-order valence-electron chi connectivity index (χ0n) is 19.0. The average molecular weight is 485 g/mol. The minimum atomic E-state index is -1.12. The van der Waals surface area contributed by atoms with Gasteiger partial charge in [-0.2, -0.15) is 4.98 Å². The Balaban J connectivity index is 0.000000336. The number of nitrogens with zero attached hydrogens (tertiary/aromatic N) is 6. The molecule has 0 unspecified atom stereocenters. The van der Waals surface area contributed by atoms with Gasteiger partial charge < -0.3 is 9.64 Å². The van der Waals surface area contributed by atoms with Crippen LogP contribution in [0.3, 0.4) is 0 Å². The third-order valence-corrected chi connectivity index (χ3v) is 5.62. The summed E-state index contributed by atoms with van der Waals surface area (Å²) >= 11 is 5.69. The predicted molar refractivity (Wildman–Crippen MR) is 127 cm³/mol. The molecular formula is C24H23ClF2N6O. The lowest BCUT2D eigenvalue weighted by atomic mass is 10.1. The first-order valence-electron chi connectivity index (χ1n) is 10.7. The van der Waals surface area contributed by atoms with Crippen molar-refractivity contribution in [1.29, 1.82) is 0 Å². The van der Waals surface area contributed by atoms with E-state index in [4.69, 9.17) is 16.3 Å². The van der Waals surface area contributed by atoms with E-state index in [1.54, 1.807) is 13.1 Å². The number of halogens is 3. The van der Waals surface area contributed by atoms with Crippen molar-refractivity contribution in [3.8, 4) is 11.3 Å². The molecule has 0 atom stereocenters. The number of hydrogen-bond donors (Lipinski definition) is 0. The molecule has 7 nitrogen and oxygen atoms in total. The van der Waals surface area contributed by atoms with Crippen LogP contribution in [0.15, 0.2) is 36.5 Å². The van der Waals surface area contributed by atoms with Gasteiger partial charge in [-0.15, -0.1) is 0 Å². The third kappa shape index (κ3) is 5.10. The molecule has 176 valence electrons. The fraction of sp³-hybridized carbons (Fsp3) is 0.292. The van der Waals surface area contributed by atoms with E-state index in [9.17, 15) is 8.78 Å². The lowest BCUT2D eigenvalue weighted by Gasteiger charge is -2.27. The number of aromatic nitrogens is 5. The van der Waals surface area contributed by atoms with Crippen molar-refractivity contribution in [2.75, 3.05) is 31.2 Å². The number of pyridine rings is 1. The number of aryl methyl sites for hydroxylation is 3. The molecule has 1 saturated heterocycles. The molecule has 0 aliphatic carbocycles. The molecule has 3 aromatic heterocycles. The van der Waals surface area contributed by atoms with E-state index >= 15 is 0 Å². The van der Waals surface area contributed by atoms with Crippen molar-refractivity contribution in [3.63, 3.8) is 0 Å². The highest BCUT2D eigenvalue weighted by Gasteiger charge is 2.23. The number of hydrogen-bond acceptors (Lipinski definition) is 7. The van der Waals surface area contributed by atoms with Gasteiger partial charge in [0.1, 0.15) is 11.2 Å². The number of fused-ring (bicyclic) bond motifs is 1. The Morgan fingerprint density at radius 3 is 2.26 bits per heavy atom. The highest BCUT2D eigenvalue weighted by molar-refractivity contribution is 6.30. The van der Waals surface area contributed by atoms with E-state index in [0.29, 0.717) is 54.8 Å². The lowest BCUT2D eigenvalue weighted by Crippen LogP contribution is -2.37. The number of morpholine rings is 1. The van der Waals surface area contributed by atoms with Crippen LogP contribution in [0.2, 0.25) is 5.02 Å². The number of anilines is 1. The number of benzene rings is 1. The second-order valence-corrected chi connectivity index (χ2v) is 8.14. The van der Waals surface area contributed by atoms with Gasteiger partial charge in [0.25, 0.3) is 0 Å². The molecule has 0 spiro atoms. The molecule has 4 heterocycles. The summed E-state index contributed by atoms with van der Waals surface area (Å²) < 4.78 is 34.0. The van der Waals surface area contributed by atoms with Gasteiger partial charge in [-0.05, 0) is 45.0 Å². The Morgan fingerprint density at radius 2 is 1.62 bits per heavy atom. The largest absolute Gasteiger partial charge is 0.378 e. The summed E-state index contributed by atoms with van der Waals surface area (Å²) in [4.78, 5) is 23.9. The van der Waals surface area contributed by atoms with E-state index in [2.05, 4.69) is 24.9 Å². The fourth-order valence-electron chi connectivity index (χ4n) is 3.35. The molecule has 34 heavy (non-hydrogen) atoms. The van der Waals surface area contributed by atoms with Gasteiger partial charge in [0.05, 0.1) is 29.6 Å². The number of rotatable bonds is 2.